The number of quaternary nitrogens is 1. The van der Waals surface area contributed by atoms with Crippen LogP contribution < -0.4 is 27.1 Å². The molecule has 0 spiro atoms. The number of morpholine rings is 1. The lowest BCUT2D eigenvalue weighted by molar-refractivity contribution is -0.427. The van der Waals surface area contributed by atoms with E-state index in [-0.39, 0.29) is 29.5 Å². The Kier molecular flexibility index (Phi) is 6.84. The smallest absolute Gasteiger partial charge is 0.254 e. The number of carbonyl (C=O) groups excluding carboxylic acids is 1. The molecule has 1 amide bonds. The van der Waals surface area contributed by atoms with Crippen LogP contribution in [0.4, 0.5) is 11.8 Å². The number of ether oxygens (including phenoxy) is 1. The molecule has 0 radical (unpaired) electrons. The van der Waals surface area contributed by atoms with Gasteiger partial charge in [0, 0.05) is 37.0 Å². The first kappa shape index (κ1) is 26.6. The van der Waals surface area contributed by atoms with Crippen molar-refractivity contribution in [1.82, 2.24) is 24.7 Å². The number of amides is 1. The molecule has 1 saturated carbocycles. The molecule has 7 rings (SSSR count). The molecule has 6 N–H and O–H groups in total. The molecule has 0 aromatic carbocycles. The van der Waals surface area contributed by atoms with E-state index in [0.717, 1.165) is 25.7 Å². The van der Waals surface area contributed by atoms with Gasteiger partial charge >= 0.3 is 0 Å². The normalized spacial score (nSPS) is 19.5. The van der Waals surface area contributed by atoms with E-state index in [0.29, 0.717) is 76.8 Å². The third kappa shape index (κ3) is 4.78. The van der Waals surface area contributed by atoms with Crippen molar-refractivity contribution in [3.05, 3.63) is 51.1 Å². The molecule has 2 atom stereocenters. The van der Waals surface area contributed by atoms with Crippen LogP contribution in [-0.2, 0) is 11.2 Å². The van der Waals surface area contributed by atoms with Crippen LogP contribution in [0.1, 0.15) is 47.5 Å². The fourth-order valence-corrected chi connectivity index (χ4v) is 6.60. The molecule has 2 fully saturated rings. The molecular formula is C27H30N9O5S+. The summed E-state index contributed by atoms with van der Waals surface area (Å²) in [5, 5.41) is 17.8. The molecule has 5 aromatic rings. The minimum Gasteiger partial charge on any atom is -0.439 e. The summed E-state index contributed by atoms with van der Waals surface area (Å²) in [6.45, 7) is 2.42. The summed E-state index contributed by atoms with van der Waals surface area (Å²) in [7, 11) is 0. The number of hydrogen-bond acceptors (Lipinski definition) is 12. The maximum Gasteiger partial charge on any atom is 0.254 e. The van der Waals surface area contributed by atoms with Crippen molar-refractivity contribution in [3.8, 4) is 11.3 Å². The van der Waals surface area contributed by atoms with Crippen LogP contribution in [0, 0.1) is 0 Å². The first-order valence-electron chi connectivity index (χ1n) is 13.9. The van der Waals surface area contributed by atoms with E-state index in [9.17, 15) is 9.59 Å². The SMILES string of the molecule is NC(=O)c1c(Cc2cc(-c3csc4c(=O)cc(N5CCOCC5)oc34)no2)nc(N[C@H]2CCCC[C@H]2[NH3+])n2cnnc12. The summed E-state index contributed by atoms with van der Waals surface area (Å²) in [6, 6.07) is 3.64. The lowest BCUT2D eigenvalue weighted by atomic mass is 9.91. The molecule has 1 saturated heterocycles. The number of fused-ring (bicyclic) bond motifs is 2. The van der Waals surface area contributed by atoms with Crippen molar-refractivity contribution in [1.29, 1.82) is 0 Å². The van der Waals surface area contributed by atoms with Gasteiger partial charge in [-0.25, -0.2) is 4.98 Å². The molecule has 1 aliphatic carbocycles. The highest BCUT2D eigenvalue weighted by Crippen LogP contribution is 2.35. The number of nitrogens with two attached hydrogens (primary N) is 1. The van der Waals surface area contributed by atoms with Gasteiger partial charge in [0.1, 0.15) is 34.1 Å². The highest BCUT2D eigenvalue weighted by molar-refractivity contribution is 7.17. The highest BCUT2D eigenvalue weighted by Gasteiger charge is 2.28. The lowest BCUT2D eigenvalue weighted by Gasteiger charge is -2.27. The van der Waals surface area contributed by atoms with Crippen molar-refractivity contribution in [2.75, 3.05) is 36.5 Å². The minimum absolute atomic E-state index is 0.114. The zero-order chi connectivity index (χ0) is 28.8. The average Bonchev–Trinajstić information content (AvgIpc) is 3.75. The number of rotatable bonds is 7. The van der Waals surface area contributed by atoms with Gasteiger partial charge in [-0.2, -0.15) is 0 Å². The zero-order valence-electron chi connectivity index (χ0n) is 22.7. The van der Waals surface area contributed by atoms with Crippen molar-refractivity contribution >= 4 is 45.0 Å². The van der Waals surface area contributed by atoms with Gasteiger partial charge in [0.05, 0.1) is 36.9 Å². The van der Waals surface area contributed by atoms with Gasteiger partial charge in [-0.05, 0) is 12.8 Å². The second-order valence-corrected chi connectivity index (χ2v) is 11.5. The van der Waals surface area contributed by atoms with E-state index in [1.54, 1.807) is 10.5 Å². The Morgan fingerprint density at radius 2 is 2.05 bits per heavy atom. The van der Waals surface area contributed by atoms with Gasteiger partial charge < -0.3 is 35.4 Å². The maximum absolute atomic E-state index is 12.9. The molecular weight excluding hydrogens is 562 g/mol. The fraction of sp³-hybridized carbons (Fsp3) is 0.407. The predicted octanol–water partition coefficient (Wildman–Crippen LogP) is 1.44. The molecule has 42 heavy (non-hydrogen) atoms. The molecule has 5 aromatic heterocycles. The van der Waals surface area contributed by atoms with Crippen molar-refractivity contribution in [3.63, 3.8) is 0 Å². The molecule has 0 unspecified atom stereocenters. The Morgan fingerprint density at radius 3 is 2.86 bits per heavy atom. The summed E-state index contributed by atoms with van der Waals surface area (Å²) in [5.74, 6) is 0.791. The van der Waals surface area contributed by atoms with E-state index < -0.39 is 5.91 Å². The minimum atomic E-state index is -0.671. The number of aromatic nitrogens is 5. The number of anilines is 2. The molecule has 2 aliphatic rings. The van der Waals surface area contributed by atoms with Crippen LogP contribution in [0.3, 0.4) is 0 Å². The second-order valence-electron chi connectivity index (χ2n) is 10.7. The van der Waals surface area contributed by atoms with E-state index in [2.05, 4.69) is 26.4 Å². The molecule has 15 heteroatoms. The van der Waals surface area contributed by atoms with Crippen LogP contribution in [0.25, 0.3) is 27.2 Å². The number of nitrogens with zero attached hydrogens (tertiary/aromatic N) is 6. The van der Waals surface area contributed by atoms with Gasteiger partial charge in [-0.15, -0.1) is 21.5 Å². The number of nitrogens with one attached hydrogen (secondary N) is 1. The average molecular weight is 593 g/mol. The zero-order valence-corrected chi connectivity index (χ0v) is 23.6. The highest BCUT2D eigenvalue weighted by atomic mass is 32.1. The fourth-order valence-electron chi connectivity index (χ4n) is 5.71. The topological polar surface area (TPSA) is 195 Å². The van der Waals surface area contributed by atoms with E-state index in [4.69, 9.17) is 24.4 Å². The molecule has 0 bridgehead atoms. The Hall–Kier alpha value is -4.34. The van der Waals surface area contributed by atoms with E-state index in [1.807, 2.05) is 10.3 Å². The van der Waals surface area contributed by atoms with Gasteiger partial charge in [-0.1, -0.05) is 11.6 Å². The summed E-state index contributed by atoms with van der Waals surface area (Å²) in [4.78, 5) is 32.3. The molecule has 218 valence electrons. The van der Waals surface area contributed by atoms with Crippen LogP contribution in [-0.4, -0.2) is 69.0 Å². The number of primary amides is 1. The van der Waals surface area contributed by atoms with Crippen LogP contribution in [0.5, 0.6) is 0 Å². The Labute approximate surface area is 242 Å². The third-order valence-electron chi connectivity index (χ3n) is 7.93. The van der Waals surface area contributed by atoms with E-state index in [1.165, 1.54) is 23.7 Å². The van der Waals surface area contributed by atoms with Crippen molar-refractivity contribution in [2.24, 2.45) is 5.73 Å². The maximum atomic E-state index is 12.9. The predicted molar refractivity (Wildman–Crippen MR) is 154 cm³/mol. The van der Waals surface area contributed by atoms with Gasteiger partial charge in [0.25, 0.3) is 5.91 Å². The van der Waals surface area contributed by atoms with Gasteiger partial charge in [0.15, 0.2) is 17.1 Å². The summed E-state index contributed by atoms with van der Waals surface area (Å²) < 4.78 is 19.5. The third-order valence-corrected chi connectivity index (χ3v) is 8.90. The summed E-state index contributed by atoms with van der Waals surface area (Å²) in [5.41, 5.74) is 12.5. The number of thiophene rings is 1. The van der Waals surface area contributed by atoms with Crippen molar-refractivity contribution < 1.29 is 24.2 Å². The first-order chi connectivity index (χ1) is 20.5. The monoisotopic (exact) mass is 592 g/mol. The summed E-state index contributed by atoms with van der Waals surface area (Å²) in [6.07, 6.45) is 5.89. The van der Waals surface area contributed by atoms with Crippen LogP contribution >= 0.6 is 11.3 Å². The Balaban J connectivity index is 1.23. The quantitative estimate of drug-likeness (QED) is 0.247. The largest absolute Gasteiger partial charge is 0.439 e. The van der Waals surface area contributed by atoms with Gasteiger partial charge in [0.2, 0.25) is 11.4 Å². The summed E-state index contributed by atoms with van der Waals surface area (Å²) >= 11 is 1.30. The number of hydrogen-bond donors (Lipinski definition) is 3. The molecule has 6 heterocycles. The second kappa shape index (κ2) is 10.8. The molecule has 1 aliphatic heterocycles. The van der Waals surface area contributed by atoms with Crippen molar-refractivity contribution in [2.45, 2.75) is 44.2 Å². The lowest BCUT2D eigenvalue weighted by Crippen LogP contribution is -2.68. The first-order valence-corrected chi connectivity index (χ1v) is 14.8. The van der Waals surface area contributed by atoms with Crippen LogP contribution in [0.2, 0.25) is 0 Å². The van der Waals surface area contributed by atoms with Gasteiger partial charge in [-0.3, -0.25) is 14.0 Å². The standard InChI is InChI=1S/C27H29N9O5S/c28-16-3-1-2-4-17(16)31-27-32-19(22(25(29)38)26-33-30-13-36(26)27)10-14-9-18(34-41-14)15-12-42-24-20(37)11-21(40-23(15)24)35-5-7-39-8-6-35/h9,11-13,16-17H,1-8,10,28H2,(H2,29,38)(H,31,32)/p+1/t16-,17+/m1/s1. The van der Waals surface area contributed by atoms with E-state index >= 15 is 0 Å². The molecule has 14 nitrogen and oxygen atoms in total. The Morgan fingerprint density at radius 1 is 1.21 bits per heavy atom. The van der Waals surface area contributed by atoms with Crippen LogP contribution in [0.15, 0.2) is 37.6 Å². The Bertz CT molecular complexity index is 1840. The number of carbonyl (C=O) groups is 1.